The van der Waals surface area contributed by atoms with Crippen molar-refractivity contribution in [1.29, 1.82) is 0 Å². The second kappa shape index (κ2) is 7.99. The van der Waals surface area contributed by atoms with Crippen molar-refractivity contribution in [3.63, 3.8) is 0 Å². The molecule has 1 saturated heterocycles. The van der Waals surface area contributed by atoms with Crippen molar-refractivity contribution in [2.45, 2.75) is 38.8 Å². The molecule has 1 N–H and O–H groups in total. The van der Waals surface area contributed by atoms with E-state index in [0.717, 1.165) is 0 Å². The molecule has 0 spiro atoms. The number of phenols is 1. The van der Waals surface area contributed by atoms with Crippen molar-refractivity contribution >= 4 is 12.4 Å². The molecule has 26 heavy (non-hydrogen) atoms. The molecule has 1 fully saturated rings. The molecule has 2 rings (SSSR count). The SMILES string of the molecule is CC(C)(C)OC(=O)N1CCN(CC(F)F)CC1c1ccc(C=O)c(O)c1. The Balaban J connectivity index is 2.30. The van der Waals surface area contributed by atoms with E-state index in [0.29, 0.717) is 18.4 Å². The molecule has 0 saturated carbocycles. The van der Waals surface area contributed by atoms with Crippen molar-refractivity contribution in [2.24, 2.45) is 0 Å². The first kappa shape index (κ1) is 20.1. The van der Waals surface area contributed by atoms with Gasteiger partial charge in [-0.2, -0.15) is 0 Å². The predicted octanol–water partition coefficient (Wildman–Crippen LogP) is 3.06. The molecule has 0 aromatic heterocycles. The predicted molar refractivity (Wildman–Crippen MR) is 91.6 cm³/mol. The number of amides is 1. The summed E-state index contributed by atoms with van der Waals surface area (Å²) in [6, 6.07) is 3.87. The van der Waals surface area contributed by atoms with E-state index in [-0.39, 0.29) is 24.4 Å². The molecular formula is C18H24F2N2O4. The van der Waals surface area contributed by atoms with Gasteiger partial charge in [0, 0.05) is 19.6 Å². The molecule has 1 amide bonds. The molecule has 1 aromatic carbocycles. The number of carbonyl (C=O) groups is 2. The fourth-order valence-electron chi connectivity index (χ4n) is 2.89. The highest BCUT2D eigenvalue weighted by Crippen LogP contribution is 2.30. The number of phenolic OH excluding ortho intramolecular Hbond substituents is 1. The number of halogens is 2. The minimum absolute atomic E-state index is 0.123. The van der Waals surface area contributed by atoms with Crippen molar-refractivity contribution in [1.82, 2.24) is 9.80 Å². The van der Waals surface area contributed by atoms with Gasteiger partial charge in [-0.25, -0.2) is 13.6 Å². The summed E-state index contributed by atoms with van der Waals surface area (Å²) in [5, 5.41) is 9.95. The molecule has 1 atom stereocenters. The first-order valence-electron chi connectivity index (χ1n) is 8.39. The number of nitrogens with zero attached hydrogens (tertiary/aromatic N) is 2. The van der Waals surface area contributed by atoms with Crippen LogP contribution < -0.4 is 0 Å². The molecule has 1 aromatic rings. The van der Waals surface area contributed by atoms with Crippen LogP contribution in [0.2, 0.25) is 0 Å². The van der Waals surface area contributed by atoms with Crippen LogP contribution in [-0.2, 0) is 4.74 Å². The van der Waals surface area contributed by atoms with E-state index in [2.05, 4.69) is 0 Å². The average molecular weight is 370 g/mol. The van der Waals surface area contributed by atoms with Gasteiger partial charge < -0.3 is 9.84 Å². The summed E-state index contributed by atoms with van der Waals surface area (Å²) in [6.45, 7) is 5.56. The van der Waals surface area contributed by atoms with Crippen LogP contribution in [0.15, 0.2) is 18.2 Å². The summed E-state index contributed by atoms with van der Waals surface area (Å²) in [5.74, 6) is -0.215. The van der Waals surface area contributed by atoms with Gasteiger partial charge in [0.1, 0.15) is 11.4 Å². The number of aromatic hydroxyl groups is 1. The first-order chi connectivity index (χ1) is 12.1. The van der Waals surface area contributed by atoms with Crippen LogP contribution in [-0.4, -0.2) is 65.5 Å². The number of alkyl halides is 2. The molecular weight excluding hydrogens is 346 g/mol. The topological polar surface area (TPSA) is 70.1 Å². The Morgan fingerprint density at radius 2 is 2.08 bits per heavy atom. The average Bonchev–Trinajstić information content (AvgIpc) is 2.52. The molecule has 1 heterocycles. The number of benzene rings is 1. The van der Waals surface area contributed by atoms with E-state index in [1.807, 2.05) is 0 Å². The van der Waals surface area contributed by atoms with E-state index in [9.17, 15) is 23.5 Å². The Labute approximate surface area is 151 Å². The van der Waals surface area contributed by atoms with Crippen LogP contribution in [0.25, 0.3) is 0 Å². The van der Waals surface area contributed by atoms with Crippen LogP contribution in [0.4, 0.5) is 13.6 Å². The van der Waals surface area contributed by atoms with Gasteiger partial charge in [0.15, 0.2) is 6.29 Å². The molecule has 144 valence electrons. The monoisotopic (exact) mass is 370 g/mol. The van der Waals surface area contributed by atoms with Crippen molar-refractivity contribution in [3.8, 4) is 5.75 Å². The smallest absolute Gasteiger partial charge is 0.410 e. The summed E-state index contributed by atoms with van der Waals surface area (Å²) in [7, 11) is 0. The molecule has 0 radical (unpaired) electrons. The third-order valence-corrected chi connectivity index (χ3v) is 4.05. The van der Waals surface area contributed by atoms with E-state index < -0.39 is 30.7 Å². The van der Waals surface area contributed by atoms with E-state index in [1.165, 1.54) is 17.0 Å². The summed E-state index contributed by atoms with van der Waals surface area (Å²) in [6.07, 6.45) is -2.50. The lowest BCUT2D eigenvalue weighted by molar-refractivity contribution is -0.0104. The van der Waals surface area contributed by atoms with Crippen LogP contribution in [0.5, 0.6) is 5.75 Å². The lowest BCUT2D eigenvalue weighted by Gasteiger charge is -2.41. The number of aldehydes is 1. The van der Waals surface area contributed by atoms with E-state index in [1.54, 1.807) is 31.7 Å². The van der Waals surface area contributed by atoms with Crippen molar-refractivity contribution < 1.29 is 28.2 Å². The second-order valence-electron chi connectivity index (χ2n) is 7.28. The number of ether oxygens (including phenoxy) is 1. The molecule has 1 aliphatic heterocycles. The fraction of sp³-hybridized carbons (Fsp3) is 0.556. The third-order valence-electron chi connectivity index (χ3n) is 4.05. The van der Waals surface area contributed by atoms with Crippen LogP contribution >= 0.6 is 0 Å². The second-order valence-corrected chi connectivity index (χ2v) is 7.28. The van der Waals surface area contributed by atoms with Crippen molar-refractivity contribution in [3.05, 3.63) is 29.3 Å². The van der Waals surface area contributed by atoms with Gasteiger partial charge in [-0.15, -0.1) is 0 Å². The molecule has 6 nitrogen and oxygen atoms in total. The quantitative estimate of drug-likeness (QED) is 0.825. The summed E-state index contributed by atoms with van der Waals surface area (Å²) in [4.78, 5) is 26.5. The van der Waals surface area contributed by atoms with E-state index >= 15 is 0 Å². The molecule has 8 heteroatoms. The summed E-state index contributed by atoms with van der Waals surface area (Å²) in [5.41, 5.74) is -0.0126. The molecule has 0 aliphatic carbocycles. The Kier molecular flexibility index (Phi) is 6.17. The van der Waals surface area contributed by atoms with Gasteiger partial charge in [0.05, 0.1) is 18.2 Å². The van der Waals surface area contributed by atoms with Gasteiger partial charge in [-0.05, 0) is 38.5 Å². The van der Waals surface area contributed by atoms with Gasteiger partial charge in [0.2, 0.25) is 0 Å². The van der Waals surface area contributed by atoms with Crippen LogP contribution in [0, 0.1) is 0 Å². The first-order valence-corrected chi connectivity index (χ1v) is 8.39. The Bertz CT molecular complexity index is 661. The number of rotatable bonds is 4. The molecule has 1 unspecified atom stereocenters. The lowest BCUT2D eigenvalue weighted by Crippen LogP contribution is -2.52. The third kappa shape index (κ3) is 5.14. The van der Waals surface area contributed by atoms with Crippen LogP contribution in [0.3, 0.4) is 0 Å². The van der Waals surface area contributed by atoms with Gasteiger partial charge >= 0.3 is 6.09 Å². The maximum Gasteiger partial charge on any atom is 0.410 e. The summed E-state index contributed by atoms with van der Waals surface area (Å²) >= 11 is 0. The number of hydrogen-bond acceptors (Lipinski definition) is 5. The zero-order valence-electron chi connectivity index (χ0n) is 15.1. The number of hydrogen-bond donors (Lipinski definition) is 1. The lowest BCUT2D eigenvalue weighted by atomic mass is 10.0. The molecule has 1 aliphatic rings. The summed E-state index contributed by atoms with van der Waals surface area (Å²) < 4.78 is 31.0. The highest BCUT2D eigenvalue weighted by atomic mass is 19.3. The highest BCUT2D eigenvalue weighted by molar-refractivity contribution is 5.79. The van der Waals surface area contributed by atoms with E-state index in [4.69, 9.17) is 4.74 Å². The minimum Gasteiger partial charge on any atom is -0.507 e. The number of carbonyl (C=O) groups excluding carboxylic acids is 2. The maximum absolute atomic E-state index is 12.8. The largest absolute Gasteiger partial charge is 0.507 e. The zero-order valence-corrected chi connectivity index (χ0v) is 15.1. The van der Waals surface area contributed by atoms with Crippen molar-refractivity contribution in [2.75, 3.05) is 26.2 Å². The van der Waals surface area contributed by atoms with Gasteiger partial charge in [0.25, 0.3) is 6.43 Å². The Morgan fingerprint density at radius 3 is 2.62 bits per heavy atom. The Morgan fingerprint density at radius 1 is 1.38 bits per heavy atom. The van der Waals surface area contributed by atoms with Gasteiger partial charge in [-0.1, -0.05) is 6.07 Å². The maximum atomic E-state index is 12.8. The standard InChI is InChI=1S/C18H24F2N2O4/c1-18(2,3)26-17(25)22-7-6-21(10-16(19)20)9-14(22)12-4-5-13(11-23)15(24)8-12/h4-5,8,11,14,16,24H,6-7,9-10H2,1-3H3. The number of piperazine rings is 1. The van der Waals surface area contributed by atoms with Crippen LogP contribution in [0.1, 0.15) is 42.7 Å². The fourth-order valence-corrected chi connectivity index (χ4v) is 2.89. The normalized spacial score (nSPS) is 18.8. The van der Waals surface area contributed by atoms with Gasteiger partial charge in [-0.3, -0.25) is 14.6 Å². The Hall–Kier alpha value is -2.22. The zero-order chi connectivity index (χ0) is 19.5. The highest BCUT2D eigenvalue weighted by Gasteiger charge is 2.35. The minimum atomic E-state index is -2.48. The molecule has 0 bridgehead atoms.